The second-order valence-corrected chi connectivity index (χ2v) is 7.28. The number of para-hydroxylation sites is 1. The minimum Gasteiger partial charge on any atom is -0.455 e. The summed E-state index contributed by atoms with van der Waals surface area (Å²) in [4.78, 5) is 37.3. The maximum absolute atomic E-state index is 12.4. The van der Waals surface area contributed by atoms with Gasteiger partial charge in [0.2, 0.25) is 0 Å². The Bertz CT molecular complexity index is 681. The molecular weight excluding hydrogens is 336 g/mol. The van der Waals surface area contributed by atoms with Gasteiger partial charge in [-0.05, 0) is 45.7 Å². The summed E-state index contributed by atoms with van der Waals surface area (Å²) in [5.74, 6) is -0.801. The van der Waals surface area contributed by atoms with Gasteiger partial charge in [-0.2, -0.15) is 0 Å². The maximum atomic E-state index is 12.4. The molecule has 1 aliphatic rings. The van der Waals surface area contributed by atoms with Crippen LogP contribution in [-0.4, -0.2) is 42.8 Å². The van der Waals surface area contributed by atoms with E-state index in [0.29, 0.717) is 0 Å². The number of nitrogens with one attached hydrogen (secondary N) is 1. The minimum absolute atomic E-state index is 0.0291. The van der Waals surface area contributed by atoms with Crippen molar-refractivity contribution >= 4 is 23.7 Å². The molecule has 0 saturated carbocycles. The number of hydrogen-bond acceptors (Lipinski definition) is 5. The lowest BCUT2D eigenvalue weighted by Crippen LogP contribution is -2.39. The summed E-state index contributed by atoms with van der Waals surface area (Å²) in [6, 6.07) is 7.74. The lowest BCUT2D eigenvalue weighted by Gasteiger charge is -2.22. The Labute approximate surface area is 153 Å². The average molecular weight is 362 g/mol. The summed E-state index contributed by atoms with van der Waals surface area (Å²) >= 11 is 0. The number of esters is 1. The minimum atomic E-state index is -0.597. The van der Waals surface area contributed by atoms with Gasteiger partial charge in [0.1, 0.15) is 5.60 Å². The number of amides is 2. The van der Waals surface area contributed by atoms with E-state index >= 15 is 0 Å². The molecule has 1 aromatic carbocycles. The third-order valence-electron chi connectivity index (χ3n) is 3.83. The number of carbonyl (C=O) groups excluding carboxylic acids is 3. The molecule has 1 aliphatic heterocycles. The van der Waals surface area contributed by atoms with Gasteiger partial charge in [0.25, 0.3) is 5.91 Å². The Balaban J connectivity index is 1.74. The van der Waals surface area contributed by atoms with Crippen molar-refractivity contribution in [3.05, 3.63) is 29.8 Å². The average Bonchev–Trinajstić information content (AvgIpc) is 2.86. The fraction of sp³-hybridized carbons (Fsp3) is 0.526. The van der Waals surface area contributed by atoms with Crippen LogP contribution in [0.25, 0.3) is 0 Å². The highest BCUT2D eigenvalue weighted by Gasteiger charge is 2.30. The van der Waals surface area contributed by atoms with E-state index in [4.69, 9.17) is 9.47 Å². The highest BCUT2D eigenvalue weighted by molar-refractivity contribution is 5.97. The van der Waals surface area contributed by atoms with E-state index in [-0.39, 0.29) is 31.5 Å². The number of fused-ring (bicyclic) bond motifs is 1. The van der Waals surface area contributed by atoms with Crippen LogP contribution in [0.4, 0.5) is 10.5 Å². The number of benzene rings is 1. The first-order valence-corrected chi connectivity index (χ1v) is 8.70. The first kappa shape index (κ1) is 19.8. The molecule has 0 unspecified atom stereocenters. The largest absolute Gasteiger partial charge is 0.455 e. The molecule has 1 N–H and O–H groups in total. The van der Waals surface area contributed by atoms with Gasteiger partial charge < -0.3 is 19.7 Å². The van der Waals surface area contributed by atoms with Crippen LogP contribution in [0.5, 0.6) is 0 Å². The second kappa shape index (κ2) is 8.21. The van der Waals surface area contributed by atoms with Crippen LogP contribution in [0.2, 0.25) is 0 Å². The molecule has 0 spiro atoms. The Morgan fingerprint density at radius 3 is 2.62 bits per heavy atom. The molecule has 0 aromatic heterocycles. The van der Waals surface area contributed by atoms with Crippen LogP contribution in [0, 0.1) is 0 Å². The number of alkyl carbamates (subject to hydrolysis) is 1. The molecule has 1 aromatic rings. The summed E-state index contributed by atoms with van der Waals surface area (Å²) in [5.41, 5.74) is 1.38. The van der Waals surface area contributed by atoms with Crippen molar-refractivity contribution in [2.75, 3.05) is 18.1 Å². The summed E-state index contributed by atoms with van der Waals surface area (Å²) < 4.78 is 10.1. The van der Waals surface area contributed by atoms with E-state index in [1.165, 1.54) is 0 Å². The van der Waals surface area contributed by atoms with Crippen LogP contribution < -0.4 is 10.2 Å². The molecule has 2 rings (SSSR count). The molecular formula is C19H26N2O5. The quantitative estimate of drug-likeness (QED) is 0.813. The molecule has 26 heavy (non-hydrogen) atoms. The van der Waals surface area contributed by atoms with Crippen LogP contribution in [0.15, 0.2) is 24.3 Å². The monoisotopic (exact) mass is 362 g/mol. The maximum Gasteiger partial charge on any atom is 0.407 e. The predicted octanol–water partition coefficient (Wildman–Crippen LogP) is 2.42. The van der Waals surface area contributed by atoms with E-state index in [1.807, 2.05) is 31.2 Å². The van der Waals surface area contributed by atoms with Crippen molar-refractivity contribution in [1.82, 2.24) is 5.32 Å². The van der Waals surface area contributed by atoms with Crippen LogP contribution in [-0.2, 0) is 25.5 Å². The van der Waals surface area contributed by atoms with Crippen LogP contribution in [0.1, 0.15) is 39.7 Å². The topological polar surface area (TPSA) is 84.9 Å². The normalized spacial score (nSPS) is 16.0. The number of ether oxygens (including phenoxy) is 2. The number of nitrogens with zero attached hydrogens (tertiary/aromatic N) is 1. The third kappa shape index (κ3) is 5.47. The number of hydrogen-bond donors (Lipinski definition) is 1. The molecule has 0 saturated heterocycles. The molecule has 142 valence electrons. The molecule has 0 aliphatic carbocycles. The zero-order chi connectivity index (χ0) is 19.3. The number of carbonyl (C=O) groups is 3. The molecule has 0 bridgehead atoms. The van der Waals surface area contributed by atoms with E-state index in [1.54, 1.807) is 25.7 Å². The van der Waals surface area contributed by atoms with Gasteiger partial charge in [-0.25, -0.2) is 4.79 Å². The molecule has 0 radical (unpaired) electrons. The highest BCUT2D eigenvalue weighted by atomic mass is 16.6. The van der Waals surface area contributed by atoms with Gasteiger partial charge in [0.05, 0.1) is 6.42 Å². The highest BCUT2D eigenvalue weighted by Crippen LogP contribution is 2.31. The summed E-state index contributed by atoms with van der Waals surface area (Å²) in [6.07, 6.45) is 0.165. The van der Waals surface area contributed by atoms with Crippen molar-refractivity contribution in [1.29, 1.82) is 0 Å². The summed E-state index contributed by atoms with van der Waals surface area (Å²) in [7, 11) is 0. The number of anilines is 1. The van der Waals surface area contributed by atoms with Gasteiger partial charge in [-0.1, -0.05) is 18.2 Å². The van der Waals surface area contributed by atoms with Crippen molar-refractivity contribution in [3.8, 4) is 0 Å². The first-order chi connectivity index (χ1) is 12.2. The van der Waals surface area contributed by atoms with Gasteiger partial charge in [0, 0.05) is 18.3 Å². The second-order valence-electron chi connectivity index (χ2n) is 7.28. The summed E-state index contributed by atoms with van der Waals surface area (Å²) in [5, 5.41) is 2.48. The molecule has 1 heterocycles. The zero-order valence-electron chi connectivity index (χ0n) is 15.7. The van der Waals surface area contributed by atoms with Gasteiger partial charge in [-0.3, -0.25) is 9.59 Å². The van der Waals surface area contributed by atoms with Gasteiger partial charge >= 0.3 is 12.1 Å². The van der Waals surface area contributed by atoms with Crippen molar-refractivity contribution in [3.63, 3.8) is 0 Å². The van der Waals surface area contributed by atoms with Crippen molar-refractivity contribution in [2.24, 2.45) is 0 Å². The third-order valence-corrected chi connectivity index (χ3v) is 3.83. The lowest BCUT2D eigenvalue weighted by molar-refractivity contribution is -0.147. The summed E-state index contributed by atoms with van der Waals surface area (Å²) in [6.45, 7) is 7.00. The van der Waals surface area contributed by atoms with E-state index in [9.17, 15) is 14.4 Å². The lowest BCUT2D eigenvalue weighted by atomic mass is 10.1. The Hall–Kier alpha value is -2.57. The predicted molar refractivity (Wildman–Crippen MR) is 96.9 cm³/mol. The van der Waals surface area contributed by atoms with E-state index in [0.717, 1.165) is 17.7 Å². The van der Waals surface area contributed by atoms with Gasteiger partial charge in [-0.15, -0.1) is 0 Å². The van der Waals surface area contributed by atoms with Crippen LogP contribution >= 0.6 is 0 Å². The Morgan fingerprint density at radius 2 is 1.92 bits per heavy atom. The smallest absolute Gasteiger partial charge is 0.407 e. The SMILES string of the molecule is C[C@H]1Cc2ccccc2N1C(=O)COC(=O)CCNC(=O)OC(C)(C)C. The molecule has 7 nitrogen and oxygen atoms in total. The van der Waals surface area contributed by atoms with E-state index < -0.39 is 17.7 Å². The first-order valence-electron chi connectivity index (χ1n) is 8.70. The Morgan fingerprint density at radius 1 is 1.23 bits per heavy atom. The molecule has 1 atom stereocenters. The van der Waals surface area contributed by atoms with Crippen molar-refractivity contribution in [2.45, 2.75) is 52.2 Å². The number of rotatable bonds is 5. The zero-order valence-corrected chi connectivity index (χ0v) is 15.7. The van der Waals surface area contributed by atoms with E-state index in [2.05, 4.69) is 5.32 Å². The standard InChI is InChI=1S/C19H26N2O5/c1-13-11-14-7-5-6-8-15(14)21(13)16(22)12-25-17(23)9-10-20-18(24)26-19(2,3)4/h5-8,13H,9-12H2,1-4H3,(H,20,24)/t13-/m0/s1. The molecule has 0 fully saturated rings. The van der Waals surface area contributed by atoms with Crippen LogP contribution in [0.3, 0.4) is 0 Å². The molecule has 7 heteroatoms. The van der Waals surface area contributed by atoms with Crippen molar-refractivity contribution < 1.29 is 23.9 Å². The molecule has 2 amide bonds. The fourth-order valence-electron chi connectivity index (χ4n) is 2.81. The Kier molecular flexibility index (Phi) is 6.23. The van der Waals surface area contributed by atoms with Gasteiger partial charge in [0.15, 0.2) is 6.61 Å². The fourth-order valence-corrected chi connectivity index (χ4v) is 2.81.